The van der Waals surface area contributed by atoms with Gasteiger partial charge in [0.05, 0.1) is 12.2 Å². The molecule has 6 nitrogen and oxygen atoms in total. The zero-order chi connectivity index (χ0) is 17.6. The Labute approximate surface area is 146 Å². The first-order chi connectivity index (χ1) is 12.1. The number of pyridine rings is 1. The number of aryl methyl sites for hydroxylation is 1. The Morgan fingerprint density at radius 1 is 1.28 bits per heavy atom. The van der Waals surface area contributed by atoms with Gasteiger partial charge < -0.3 is 10.1 Å². The summed E-state index contributed by atoms with van der Waals surface area (Å²) >= 11 is 0. The summed E-state index contributed by atoms with van der Waals surface area (Å²) in [6.45, 7) is 4.24. The molecule has 0 saturated carbocycles. The molecule has 128 valence electrons. The largest absolute Gasteiger partial charge is 0.491 e. The molecular weight excluding hydrogens is 316 g/mol. The first-order valence-electron chi connectivity index (χ1n) is 8.08. The minimum Gasteiger partial charge on any atom is -0.491 e. The number of carbonyl (C=O) groups is 1. The van der Waals surface area contributed by atoms with Crippen molar-refractivity contribution in [3.05, 3.63) is 66.2 Å². The Balaban J connectivity index is 1.58. The van der Waals surface area contributed by atoms with Crippen LogP contribution in [0.25, 0.3) is 11.1 Å². The normalized spacial score (nSPS) is 11.8. The lowest BCUT2D eigenvalue weighted by molar-refractivity contribution is 0.0921. The zero-order valence-electron chi connectivity index (χ0n) is 14.2. The molecule has 2 N–H and O–H groups in total. The molecule has 0 aliphatic carbocycles. The van der Waals surface area contributed by atoms with Crippen molar-refractivity contribution >= 4 is 5.91 Å². The van der Waals surface area contributed by atoms with Crippen molar-refractivity contribution in [3.63, 3.8) is 0 Å². The van der Waals surface area contributed by atoms with E-state index in [1.54, 1.807) is 30.6 Å². The van der Waals surface area contributed by atoms with E-state index in [1.165, 1.54) is 0 Å². The number of nitrogens with zero attached hydrogens (tertiary/aromatic N) is 2. The number of nitrogens with one attached hydrogen (secondary N) is 2. The summed E-state index contributed by atoms with van der Waals surface area (Å²) in [5.41, 5.74) is 3.48. The number of amides is 1. The van der Waals surface area contributed by atoms with E-state index in [-0.39, 0.29) is 11.9 Å². The maximum Gasteiger partial charge on any atom is 0.270 e. The van der Waals surface area contributed by atoms with Crippen LogP contribution in [0.2, 0.25) is 0 Å². The summed E-state index contributed by atoms with van der Waals surface area (Å²) in [4.78, 5) is 16.1. The monoisotopic (exact) mass is 336 g/mol. The average molecular weight is 336 g/mol. The predicted octanol–water partition coefficient (Wildman–Crippen LogP) is 2.98. The van der Waals surface area contributed by atoms with Crippen LogP contribution in [0.5, 0.6) is 5.75 Å². The van der Waals surface area contributed by atoms with Gasteiger partial charge in [-0.1, -0.05) is 18.2 Å². The van der Waals surface area contributed by atoms with E-state index in [0.29, 0.717) is 12.3 Å². The molecule has 1 atom stereocenters. The highest BCUT2D eigenvalue weighted by molar-refractivity contribution is 5.92. The molecular formula is C19H20N4O2. The van der Waals surface area contributed by atoms with Gasteiger partial charge in [0.25, 0.3) is 5.91 Å². The van der Waals surface area contributed by atoms with Crippen molar-refractivity contribution in [1.82, 2.24) is 20.5 Å². The van der Waals surface area contributed by atoms with E-state index in [0.717, 1.165) is 22.6 Å². The van der Waals surface area contributed by atoms with Crippen LogP contribution in [0.15, 0.2) is 54.9 Å². The Kier molecular flexibility index (Phi) is 5.09. The molecule has 0 fully saturated rings. The lowest BCUT2D eigenvalue weighted by atomic mass is 10.1. The fourth-order valence-corrected chi connectivity index (χ4v) is 2.45. The number of ether oxygens (including phenoxy) is 1. The van der Waals surface area contributed by atoms with Crippen LogP contribution in [-0.4, -0.2) is 33.7 Å². The van der Waals surface area contributed by atoms with E-state index < -0.39 is 0 Å². The third-order valence-electron chi connectivity index (χ3n) is 3.75. The molecule has 0 radical (unpaired) electrons. The molecule has 1 amide bonds. The molecule has 0 aliphatic heterocycles. The minimum absolute atomic E-state index is 0.145. The van der Waals surface area contributed by atoms with Gasteiger partial charge in [-0.3, -0.25) is 14.9 Å². The molecule has 0 saturated heterocycles. The van der Waals surface area contributed by atoms with E-state index in [1.807, 2.05) is 38.1 Å². The van der Waals surface area contributed by atoms with E-state index in [2.05, 4.69) is 20.5 Å². The van der Waals surface area contributed by atoms with E-state index in [4.69, 9.17) is 4.74 Å². The van der Waals surface area contributed by atoms with Gasteiger partial charge in [0.15, 0.2) is 0 Å². The number of aromatic nitrogens is 3. The van der Waals surface area contributed by atoms with Crippen molar-refractivity contribution in [1.29, 1.82) is 0 Å². The van der Waals surface area contributed by atoms with E-state index >= 15 is 0 Å². The molecule has 1 aromatic carbocycles. The molecule has 25 heavy (non-hydrogen) atoms. The number of H-pyrrole nitrogens is 1. The van der Waals surface area contributed by atoms with Crippen LogP contribution in [0.4, 0.5) is 0 Å². The summed E-state index contributed by atoms with van der Waals surface area (Å²) in [6.07, 6.45) is 3.39. The number of hydrogen-bond donors (Lipinski definition) is 2. The number of aromatic amines is 1. The van der Waals surface area contributed by atoms with Crippen LogP contribution in [0.3, 0.4) is 0 Å². The van der Waals surface area contributed by atoms with Crippen molar-refractivity contribution < 1.29 is 9.53 Å². The van der Waals surface area contributed by atoms with Crippen molar-refractivity contribution in [2.45, 2.75) is 19.9 Å². The smallest absolute Gasteiger partial charge is 0.270 e. The molecule has 0 unspecified atom stereocenters. The molecule has 3 rings (SSSR count). The topological polar surface area (TPSA) is 79.9 Å². The first kappa shape index (κ1) is 16.7. The summed E-state index contributed by atoms with van der Waals surface area (Å²) in [5.74, 6) is 0.538. The second kappa shape index (κ2) is 7.61. The van der Waals surface area contributed by atoms with Crippen LogP contribution >= 0.6 is 0 Å². The maximum absolute atomic E-state index is 12.1. The second-order valence-corrected chi connectivity index (χ2v) is 5.84. The van der Waals surface area contributed by atoms with Gasteiger partial charge in [0, 0.05) is 17.5 Å². The van der Waals surface area contributed by atoms with Crippen LogP contribution in [0, 0.1) is 6.92 Å². The highest BCUT2D eigenvalue weighted by Crippen LogP contribution is 2.25. The zero-order valence-corrected chi connectivity index (χ0v) is 14.2. The van der Waals surface area contributed by atoms with Gasteiger partial charge in [-0.25, -0.2) is 0 Å². The van der Waals surface area contributed by atoms with Crippen molar-refractivity contribution in [3.8, 4) is 16.9 Å². The number of rotatable bonds is 6. The van der Waals surface area contributed by atoms with Crippen molar-refractivity contribution in [2.24, 2.45) is 0 Å². The second-order valence-electron chi connectivity index (χ2n) is 5.84. The van der Waals surface area contributed by atoms with E-state index in [9.17, 15) is 4.79 Å². The van der Waals surface area contributed by atoms with Crippen LogP contribution in [0.1, 0.15) is 23.1 Å². The SMILES string of the molecule is Cc1[nH]ncc1-c1cccc(OC[C@@H](C)NC(=O)c2ccccn2)c1. The van der Waals surface area contributed by atoms with Gasteiger partial charge >= 0.3 is 0 Å². The molecule has 2 heterocycles. The first-order valence-corrected chi connectivity index (χ1v) is 8.08. The molecule has 0 bridgehead atoms. The molecule has 0 spiro atoms. The molecule has 2 aromatic heterocycles. The Morgan fingerprint density at radius 3 is 2.88 bits per heavy atom. The Bertz CT molecular complexity index is 845. The molecule has 0 aliphatic rings. The van der Waals surface area contributed by atoms with Gasteiger partial charge in [-0.2, -0.15) is 5.10 Å². The Morgan fingerprint density at radius 2 is 2.16 bits per heavy atom. The number of benzene rings is 1. The van der Waals surface area contributed by atoms with Gasteiger partial charge in [-0.05, 0) is 43.7 Å². The van der Waals surface area contributed by atoms with Crippen LogP contribution < -0.4 is 10.1 Å². The number of hydrogen-bond acceptors (Lipinski definition) is 4. The summed E-state index contributed by atoms with van der Waals surface area (Å²) in [5, 5.41) is 9.85. The Hall–Kier alpha value is -3.15. The van der Waals surface area contributed by atoms with Gasteiger partial charge in [0.1, 0.15) is 18.1 Å². The summed E-state index contributed by atoms with van der Waals surface area (Å²) in [7, 11) is 0. The lowest BCUT2D eigenvalue weighted by Gasteiger charge is -2.15. The third kappa shape index (κ3) is 4.23. The summed E-state index contributed by atoms with van der Waals surface area (Å²) < 4.78 is 5.82. The highest BCUT2D eigenvalue weighted by atomic mass is 16.5. The predicted molar refractivity (Wildman–Crippen MR) is 95.4 cm³/mol. The molecule has 6 heteroatoms. The minimum atomic E-state index is -0.209. The summed E-state index contributed by atoms with van der Waals surface area (Å²) in [6, 6.07) is 12.9. The number of carbonyl (C=O) groups excluding carboxylic acids is 1. The standard InChI is InChI=1S/C19H20N4O2/c1-13(22-19(24)18-8-3-4-9-20-18)12-25-16-7-5-6-15(10-16)17-11-21-23-14(17)2/h3-11,13H,12H2,1-2H3,(H,21,23)(H,22,24)/t13-/m1/s1. The fourth-order valence-electron chi connectivity index (χ4n) is 2.45. The fraction of sp³-hybridized carbons (Fsp3) is 0.211. The van der Waals surface area contributed by atoms with Crippen molar-refractivity contribution in [2.75, 3.05) is 6.61 Å². The van der Waals surface area contributed by atoms with Gasteiger partial charge in [0.2, 0.25) is 0 Å². The highest BCUT2D eigenvalue weighted by Gasteiger charge is 2.11. The third-order valence-corrected chi connectivity index (χ3v) is 3.75. The van der Waals surface area contributed by atoms with Gasteiger partial charge in [-0.15, -0.1) is 0 Å². The average Bonchev–Trinajstić information content (AvgIpc) is 3.07. The maximum atomic E-state index is 12.1. The molecule has 3 aromatic rings. The lowest BCUT2D eigenvalue weighted by Crippen LogP contribution is -2.37. The quantitative estimate of drug-likeness (QED) is 0.725. The van der Waals surface area contributed by atoms with Crippen LogP contribution in [-0.2, 0) is 0 Å².